The zero-order valence-corrected chi connectivity index (χ0v) is 11.1. The highest BCUT2D eigenvalue weighted by Crippen LogP contribution is 2.19. The Bertz CT molecular complexity index is 826. The van der Waals surface area contributed by atoms with Gasteiger partial charge in [-0.05, 0) is 6.07 Å². The molecule has 0 bridgehead atoms. The summed E-state index contributed by atoms with van der Waals surface area (Å²) in [5.74, 6) is -0.658. The van der Waals surface area contributed by atoms with Gasteiger partial charge >= 0.3 is 0 Å². The summed E-state index contributed by atoms with van der Waals surface area (Å²) >= 11 is 0. The summed E-state index contributed by atoms with van der Waals surface area (Å²) in [6.45, 7) is -0.407. The Balaban J connectivity index is 2.43. The van der Waals surface area contributed by atoms with Crippen LogP contribution in [-0.2, 0) is 6.54 Å². The highest BCUT2D eigenvalue weighted by Gasteiger charge is 2.18. The lowest BCUT2D eigenvalue weighted by Crippen LogP contribution is -2.25. The van der Waals surface area contributed by atoms with Crippen molar-refractivity contribution in [1.29, 1.82) is 5.26 Å². The quantitative estimate of drug-likeness (QED) is 0.680. The lowest BCUT2D eigenvalue weighted by molar-refractivity contribution is -0.385. The minimum absolute atomic E-state index is 0.0422. The van der Waals surface area contributed by atoms with Crippen LogP contribution in [0.25, 0.3) is 0 Å². The van der Waals surface area contributed by atoms with E-state index in [0.29, 0.717) is 0 Å². The summed E-state index contributed by atoms with van der Waals surface area (Å²) in [6.07, 6.45) is -0.472. The van der Waals surface area contributed by atoms with Crippen LogP contribution in [0.1, 0.15) is 17.2 Å². The molecule has 112 valence electrons. The standard InChI is InChI=1S/C14H10FN3O4/c15-12-4-2-1-3-11(12)13(19)8-17-7-10(18(21)22)5-9(6-16)14(17)20/h1-5,7,13,19H,8H2/t13-/m0/s1. The van der Waals surface area contributed by atoms with E-state index in [0.717, 1.165) is 22.9 Å². The molecule has 22 heavy (non-hydrogen) atoms. The van der Waals surface area contributed by atoms with Crippen LogP contribution in [0.4, 0.5) is 10.1 Å². The van der Waals surface area contributed by atoms with Crippen molar-refractivity contribution in [3.63, 3.8) is 0 Å². The van der Waals surface area contributed by atoms with E-state index in [1.165, 1.54) is 18.2 Å². The number of nitrogens with zero attached hydrogens (tertiary/aromatic N) is 3. The van der Waals surface area contributed by atoms with Crippen LogP contribution in [-0.4, -0.2) is 14.6 Å². The summed E-state index contributed by atoms with van der Waals surface area (Å²) in [4.78, 5) is 22.0. The number of rotatable bonds is 4. The van der Waals surface area contributed by atoms with Crippen molar-refractivity contribution in [2.75, 3.05) is 0 Å². The van der Waals surface area contributed by atoms with Gasteiger partial charge in [-0.1, -0.05) is 18.2 Å². The van der Waals surface area contributed by atoms with Crippen LogP contribution >= 0.6 is 0 Å². The minimum atomic E-state index is -1.38. The van der Waals surface area contributed by atoms with E-state index in [4.69, 9.17) is 5.26 Å². The van der Waals surface area contributed by atoms with Crippen LogP contribution in [0, 0.1) is 27.3 Å². The van der Waals surface area contributed by atoms with Gasteiger partial charge in [0.05, 0.1) is 23.8 Å². The average Bonchev–Trinajstić information content (AvgIpc) is 2.49. The molecule has 0 radical (unpaired) electrons. The second-order valence-electron chi connectivity index (χ2n) is 4.48. The van der Waals surface area contributed by atoms with Gasteiger partial charge in [0.15, 0.2) is 0 Å². The monoisotopic (exact) mass is 303 g/mol. The number of hydrogen-bond donors (Lipinski definition) is 1. The van der Waals surface area contributed by atoms with Gasteiger partial charge in [-0.2, -0.15) is 5.26 Å². The second-order valence-corrected chi connectivity index (χ2v) is 4.48. The molecule has 0 aliphatic carbocycles. The van der Waals surface area contributed by atoms with Crippen molar-refractivity contribution in [3.05, 3.63) is 73.9 Å². The lowest BCUT2D eigenvalue weighted by atomic mass is 10.1. The molecular weight excluding hydrogens is 293 g/mol. The number of aliphatic hydroxyl groups is 1. The summed E-state index contributed by atoms with van der Waals surface area (Å²) in [7, 11) is 0. The van der Waals surface area contributed by atoms with Gasteiger partial charge in [-0.25, -0.2) is 4.39 Å². The topological polar surface area (TPSA) is 109 Å². The zero-order valence-electron chi connectivity index (χ0n) is 11.1. The number of pyridine rings is 1. The molecule has 0 saturated heterocycles. The molecule has 0 unspecified atom stereocenters. The maximum Gasteiger partial charge on any atom is 0.287 e. The lowest BCUT2D eigenvalue weighted by Gasteiger charge is -2.13. The predicted molar refractivity (Wildman–Crippen MR) is 73.4 cm³/mol. The first kappa shape index (κ1) is 15.3. The first-order chi connectivity index (χ1) is 10.4. The Morgan fingerprint density at radius 1 is 1.45 bits per heavy atom. The Kier molecular flexibility index (Phi) is 4.29. The molecule has 0 saturated carbocycles. The molecule has 0 aliphatic rings. The fourth-order valence-corrected chi connectivity index (χ4v) is 1.97. The number of benzene rings is 1. The first-order valence-electron chi connectivity index (χ1n) is 6.15. The minimum Gasteiger partial charge on any atom is -0.386 e. The highest BCUT2D eigenvalue weighted by atomic mass is 19.1. The van der Waals surface area contributed by atoms with Crippen LogP contribution in [0.2, 0.25) is 0 Å². The van der Waals surface area contributed by atoms with Gasteiger partial charge in [0.25, 0.3) is 11.2 Å². The van der Waals surface area contributed by atoms with Gasteiger partial charge in [0.2, 0.25) is 0 Å². The van der Waals surface area contributed by atoms with Crippen molar-refractivity contribution in [2.24, 2.45) is 0 Å². The van der Waals surface area contributed by atoms with Gasteiger partial charge in [-0.3, -0.25) is 14.9 Å². The molecule has 2 aromatic rings. The molecule has 0 aliphatic heterocycles. The molecular formula is C14H10FN3O4. The Morgan fingerprint density at radius 3 is 2.73 bits per heavy atom. The third-order valence-corrected chi connectivity index (χ3v) is 3.04. The number of hydrogen-bond acceptors (Lipinski definition) is 5. The highest BCUT2D eigenvalue weighted by molar-refractivity contribution is 5.37. The van der Waals surface area contributed by atoms with Crippen LogP contribution in [0.5, 0.6) is 0 Å². The largest absolute Gasteiger partial charge is 0.386 e. The van der Waals surface area contributed by atoms with Crippen molar-refractivity contribution in [3.8, 4) is 6.07 Å². The summed E-state index contributed by atoms with van der Waals surface area (Å²) in [5.41, 5.74) is -1.71. The van der Waals surface area contributed by atoms with Crippen LogP contribution in [0.3, 0.4) is 0 Å². The number of nitro groups is 1. The fourth-order valence-electron chi connectivity index (χ4n) is 1.97. The molecule has 8 heteroatoms. The molecule has 7 nitrogen and oxygen atoms in total. The van der Waals surface area contributed by atoms with Crippen LogP contribution in [0.15, 0.2) is 41.3 Å². The van der Waals surface area contributed by atoms with Gasteiger partial charge in [0, 0.05) is 11.6 Å². The molecule has 1 heterocycles. The van der Waals surface area contributed by atoms with Crippen molar-refractivity contribution in [2.45, 2.75) is 12.6 Å². The van der Waals surface area contributed by atoms with E-state index >= 15 is 0 Å². The van der Waals surface area contributed by atoms with E-state index in [-0.39, 0.29) is 5.56 Å². The molecule has 0 fully saturated rings. The summed E-state index contributed by atoms with van der Waals surface area (Å²) in [6, 6.07) is 7.86. The Labute approximate surface area is 123 Å². The second kappa shape index (κ2) is 6.15. The third kappa shape index (κ3) is 2.99. The van der Waals surface area contributed by atoms with Gasteiger partial charge < -0.3 is 9.67 Å². The van der Waals surface area contributed by atoms with Crippen molar-refractivity contribution < 1.29 is 14.4 Å². The van der Waals surface area contributed by atoms with E-state index in [1.54, 1.807) is 6.07 Å². The third-order valence-electron chi connectivity index (χ3n) is 3.04. The Morgan fingerprint density at radius 2 is 2.14 bits per heavy atom. The van der Waals surface area contributed by atoms with E-state index in [2.05, 4.69) is 0 Å². The molecule has 1 aromatic heterocycles. The van der Waals surface area contributed by atoms with Crippen molar-refractivity contribution >= 4 is 5.69 Å². The summed E-state index contributed by atoms with van der Waals surface area (Å²) < 4.78 is 14.4. The molecule has 0 amide bonds. The van der Waals surface area contributed by atoms with E-state index < -0.39 is 40.2 Å². The number of halogens is 1. The maximum atomic E-state index is 13.6. The zero-order chi connectivity index (χ0) is 16.3. The molecule has 1 atom stereocenters. The van der Waals surface area contributed by atoms with E-state index in [1.807, 2.05) is 0 Å². The fraction of sp³-hybridized carbons (Fsp3) is 0.143. The molecule has 2 rings (SSSR count). The predicted octanol–water partition coefficient (Wildman–Crippen LogP) is 1.50. The number of aromatic nitrogens is 1. The molecule has 0 spiro atoms. The SMILES string of the molecule is N#Cc1cc([N+](=O)[O-])cn(C[C@H](O)c2ccccc2F)c1=O. The van der Waals surface area contributed by atoms with Crippen LogP contribution < -0.4 is 5.56 Å². The molecule has 1 aromatic carbocycles. The molecule has 1 N–H and O–H groups in total. The first-order valence-corrected chi connectivity index (χ1v) is 6.15. The normalized spacial score (nSPS) is 11.7. The number of aliphatic hydroxyl groups excluding tert-OH is 1. The average molecular weight is 303 g/mol. The number of nitriles is 1. The summed E-state index contributed by atoms with van der Waals surface area (Å²) in [5, 5.41) is 29.7. The maximum absolute atomic E-state index is 13.6. The van der Waals surface area contributed by atoms with E-state index in [9.17, 15) is 24.4 Å². The smallest absolute Gasteiger partial charge is 0.287 e. The van der Waals surface area contributed by atoms with Gasteiger partial charge in [-0.15, -0.1) is 0 Å². The Hall–Kier alpha value is -3.05. The van der Waals surface area contributed by atoms with Crippen molar-refractivity contribution in [1.82, 2.24) is 4.57 Å². The van der Waals surface area contributed by atoms with Gasteiger partial charge in [0.1, 0.15) is 17.4 Å².